The normalized spacial score (nSPS) is 13.4. The topological polar surface area (TPSA) is 82.1 Å². The van der Waals surface area contributed by atoms with Crippen molar-refractivity contribution in [3.63, 3.8) is 0 Å². The Labute approximate surface area is 218 Å². The first-order chi connectivity index (χ1) is 18.6. The van der Waals surface area contributed by atoms with Crippen molar-refractivity contribution in [3.8, 4) is 22.6 Å². The van der Waals surface area contributed by atoms with Gasteiger partial charge in [-0.3, -0.25) is 4.90 Å². The van der Waals surface area contributed by atoms with Crippen LogP contribution in [0.2, 0.25) is 0 Å². The molecule has 0 spiro atoms. The summed E-state index contributed by atoms with van der Waals surface area (Å²) in [5.41, 5.74) is 2.59. The maximum Gasteiger partial charge on any atom is 0.344 e. The van der Waals surface area contributed by atoms with Crippen molar-refractivity contribution in [3.05, 3.63) is 105 Å². The van der Waals surface area contributed by atoms with Crippen LogP contribution in [-0.2, 0) is 13.0 Å². The number of ether oxygens (including phenoxy) is 2. The van der Waals surface area contributed by atoms with Crippen molar-refractivity contribution in [2.24, 2.45) is 0 Å². The molecule has 0 radical (unpaired) electrons. The molecule has 6 rings (SSSR count). The summed E-state index contributed by atoms with van der Waals surface area (Å²) < 4.78 is 23.0. The first-order valence-corrected chi connectivity index (χ1v) is 12.8. The number of para-hydroxylation sites is 1. The first-order valence-electron chi connectivity index (χ1n) is 12.8. The van der Waals surface area contributed by atoms with Crippen LogP contribution in [0.1, 0.15) is 24.5 Å². The highest BCUT2D eigenvalue weighted by Gasteiger charge is 2.24. The number of hydrogen-bond acceptors (Lipinski definition) is 7. The summed E-state index contributed by atoms with van der Waals surface area (Å²) in [6.45, 7) is 4.21. The molecule has 2 aromatic heterocycles. The van der Waals surface area contributed by atoms with E-state index in [2.05, 4.69) is 29.2 Å². The van der Waals surface area contributed by atoms with Gasteiger partial charge in [0.05, 0.1) is 17.7 Å². The molecule has 192 valence electrons. The molecule has 0 amide bonds. The van der Waals surface area contributed by atoms with Gasteiger partial charge in [-0.15, -0.1) is 0 Å². The fourth-order valence-electron chi connectivity index (χ4n) is 5.07. The summed E-state index contributed by atoms with van der Waals surface area (Å²) in [6, 6.07) is 22.6. The molecule has 0 fully saturated rings. The Bertz CT molecular complexity index is 1740. The summed E-state index contributed by atoms with van der Waals surface area (Å²) in [6.07, 6.45) is 1.95. The van der Waals surface area contributed by atoms with E-state index >= 15 is 0 Å². The highest BCUT2D eigenvalue weighted by Crippen LogP contribution is 2.36. The number of nitrogens with zero attached hydrogens (tertiary/aromatic N) is 1. The predicted octanol–water partition coefficient (Wildman–Crippen LogP) is 5.75. The van der Waals surface area contributed by atoms with Gasteiger partial charge in [-0.25, -0.2) is 9.59 Å². The highest BCUT2D eigenvalue weighted by molar-refractivity contribution is 5.97. The van der Waals surface area contributed by atoms with Crippen LogP contribution in [-0.4, -0.2) is 24.8 Å². The molecule has 0 saturated heterocycles. The van der Waals surface area contributed by atoms with Gasteiger partial charge in [0.25, 0.3) is 0 Å². The van der Waals surface area contributed by atoms with E-state index in [4.69, 9.17) is 18.3 Å². The van der Waals surface area contributed by atoms with Crippen molar-refractivity contribution in [1.82, 2.24) is 4.90 Å². The van der Waals surface area contributed by atoms with E-state index < -0.39 is 11.3 Å². The summed E-state index contributed by atoms with van der Waals surface area (Å²) in [7, 11) is 0. The van der Waals surface area contributed by atoms with Gasteiger partial charge in [0, 0.05) is 35.5 Å². The molecule has 0 saturated carbocycles. The maximum atomic E-state index is 13.1. The monoisotopic (exact) mass is 509 g/mol. The number of benzene rings is 3. The van der Waals surface area contributed by atoms with Crippen molar-refractivity contribution in [1.29, 1.82) is 0 Å². The molecule has 1 aliphatic heterocycles. The molecular weight excluding hydrogens is 482 g/mol. The van der Waals surface area contributed by atoms with Gasteiger partial charge in [0.2, 0.25) is 0 Å². The molecular formula is C31H27NO6. The molecule has 0 N–H and O–H groups in total. The van der Waals surface area contributed by atoms with Crippen molar-refractivity contribution < 1.29 is 18.3 Å². The average molecular weight is 510 g/mol. The van der Waals surface area contributed by atoms with Crippen molar-refractivity contribution in [2.75, 3.05) is 19.9 Å². The lowest BCUT2D eigenvalue weighted by Crippen LogP contribution is -2.33. The van der Waals surface area contributed by atoms with Crippen LogP contribution < -0.4 is 20.7 Å². The van der Waals surface area contributed by atoms with E-state index in [0.717, 1.165) is 24.9 Å². The Balaban J connectivity index is 1.36. The molecule has 0 bridgehead atoms. The minimum Gasteiger partial charge on any atom is -0.490 e. The average Bonchev–Trinajstić information content (AvgIpc) is 2.93. The zero-order valence-electron chi connectivity index (χ0n) is 21.1. The summed E-state index contributed by atoms with van der Waals surface area (Å²) in [5, 5.41) is 1.36. The number of aryl methyl sites for hydroxylation is 1. The van der Waals surface area contributed by atoms with Gasteiger partial charge in [-0.1, -0.05) is 42.5 Å². The van der Waals surface area contributed by atoms with E-state index in [1.807, 2.05) is 37.3 Å². The van der Waals surface area contributed by atoms with Gasteiger partial charge >= 0.3 is 11.3 Å². The van der Waals surface area contributed by atoms with E-state index in [-0.39, 0.29) is 0 Å². The Morgan fingerprint density at radius 1 is 0.895 bits per heavy atom. The minimum absolute atomic E-state index is 0.292. The quantitative estimate of drug-likeness (QED) is 0.258. The molecule has 3 aromatic carbocycles. The largest absolute Gasteiger partial charge is 0.490 e. The Morgan fingerprint density at radius 2 is 1.76 bits per heavy atom. The van der Waals surface area contributed by atoms with Crippen LogP contribution in [0.25, 0.3) is 33.1 Å². The van der Waals surface area contributed by atoms with Crippen LogP contribution in [0.15, 0.2) is 91.2 Å². The third-order valence-corrected chi connectivity index (χ3v) is 6.85. The molecule has 0 unspecified atom stereocenters. The van der Waals surface area contributed by atoms with Crippen LogP contribution in [0.4, 0.5) is 0 Å². The molecule has 3 heterocycles. The van der Waals surface area contributed by atoms with Gasteiger partial charge in [0.15, 0.2) is 11.3 Å². The van der Waals surface area contributed by atoms with Crippen molar-refractivity contribution in [2.45, 2.75) is 26.3 Å². The lowest BCUT2D eigenvalue weighted by molar-refractivity contribution is 0.0946. The number of fused-ring (bicyclic) bond motifs is 4. The van der Waals surface area contributed by atoms with E-state index in [9.17, 15) is 9.59 Å². The third kappa shape index (κ3) is 4.57. The summed E-state index contributed by atoms with van der Waals surface area (Å²) in [5.74, 6) is 1.19. The second-order valence-corrected chi connectivity index (χ2v) is 9.37. The lowest BCUT2D eigenvalue weighted by Gasteiger charge is -2.29. The smallest absolute Gasteiger partial charge is 0.344 e. The number of rotatable bonds is 7. The SMILES string of the molecule is CCOc1cccc2cc(-c3cc(=O)oc4c5c(ccc34)OCN(CCCc3ccccc3)C5)c(=O)oc12. The van der Waals surface area contributed by atoms with Crippen LogP contribution in [0.5, 0.6) is 11.5 Å². The standard InChI is InChI=1S/C31H27NO6/c1-2-35-27-12-6-11-21-16-24(31(34)38-29(21)27)23-17-28(33)37-30-22(23)13-14-26-25(30)18-32(19-36-26)15-7-10-20-8-4-3-5-9-20/h3-6,8-9,11-14,16-17H,2,7,10,15,18-19H2,1H3. The van der Waals surface area contributed by atoms with Crippen LogP contribution in [0, 0.1) is 0 Å². The van der Waals surface area contributed by atoms with Crippen molar-refractivity contribution >= 4 is 21.9 Å². The second-order valence-electron chi connectivity index (χ2n) is 9.37. The molecule has 0 atom stereocenters. The van der Waals surface area contributed by atoms with Gasteiger partial charge in [0.1, 0.15) is 18.1 Å². The zero-order valence-corrected chi connectivity index (χ0v) is 21.1. The predicted molar refractivity (Wildman–Crippen MR) is 146 cm³/mol. The Hall–Kier alpha value is -4.36. The fourth-order valence-corrected chi connectivity index (χ4v) is 5.07. The van der Waals surface area contributed by atoms with Gasteiger partial charge in [-0.2, -0.15) is 0 Å². The Kier molecular flexibility index (Phi) is 6.43. The maximum absolute atomic E-state index is 13.1. The molecule has 5 aromatic rings. The Morgan fingerprint density at radius 3 is 2.61 bits per heavy atom. The fraction of sp³-hybridized carbons (Fsp3) is 0.226. The molecule has 38 heavy (non-hydrogen) atoms. The van der Waals surface area contributed by atoms with Gasteiger partial charge in [-0.05, 0) is 49.6 Å². The summed E-state index contributed by atoms with van der Waals surface area (Å²) in [4.78, 5) is 28.0. The van der Waals surface area contributed by atoms with E-state index in [1.165, 1.54) is 11.6 Å². The summed E-state index contributed by atoms with van der Waals surface area (Å²) >= 11 is 0. The van der Waals surface area contributed by atoms with Gasteiger partial charge < -0.3 is 18.3 Å². The van der Waals surface area contributed by atoms with E-state index in [1.54, 1.807) is 12.1 Å². The highest BCUT2D eigenvalue weighted by atomic mass is 16.5. The molecule has 0 aliphatic carbocycles. The second kappa shape index (κ2) is 10.2. The lowest BCUT2D eigenvalue weighted by atomic mass is 9.99. The van der Waals surface area contributed by atoms with E-state index in [0.29, 0.717) is 64.4 Å². The van der Waals surface area contributed by atoms with Crippen LogP contribution in [0.3, 0.4) is 0 Å². The molecule has 1 aliphatic rings. The zero-order chi connectivity index (χ0) is 26.1. The van der Waals surface area contributed by atoms with Crippen LogP contribution >= 0.6 is 0 Å². The molecule has 7 heteroatoms. The third-order valence-electron chi connectivity index (χ3n) is 6.85. The molecule has 7 nitrogen and oxygen atoms in total. The number of hydrogen-bond donors (Lipinski definition) is 0. The first kappa shape index (κ1) is 24.0. The minimum atomic E-state index is -0.548.